The molecule has 2 aliphatic rings. The van der Waals surface area contributed by atoms with Crippen molar-refractivity contribution in [2.24, 2.45) is 11.3 Å². The standard InChI is InChI=1S/C16H29NO2/c1-16(2,3)11-15(19)17-10-5-4-8-13(17)12-7-6-9-14(12)18/h12-14,18H,4-11H2,1-3H3. The van der Waals surface area contributed by atoms with E-state index in [2.05, 4.69) is 25.7 Å². The number of carbonyl (C=O) groups is 1. The van der Waals surface area contributed by atoms with Crippen molar-refractivity contribution in [2.75, 3.05) is 6.54 Å². The summed E-state index contributed by atoms with van der Waals surface area (Å²) >= 11 is 0. The molecule has 1 heterocycles. The summed E-state index contributed by atoms with van der Waals surface area (Å²) in [6.45, 7) is 7.25. The molecule has 0 aromatic heterocycles. The largest absolute Gasteiger partial charge is 0.393 e. The lowest BCUT2D eigenvalue weighted by atomic mass is 9.85. The van der Waals surface area contributed by atoms with Crippen LogP contribution < -0.4 is 0 Å². The molecule has 1 aliphatic carbocycles. The Kier molecular flexibility index (Phi) is 4.54. The Morgan fingerprint density at radius 3 is 2.47 bits per heavy atom. The van der Waals surface area contributed by atoms with Crippen LogP contribution in [0.1, 0.15) is 65.7 Å². The van der Waals surface area contributed by atoms with Gasteiger partial charge in [0.05, 0.1) is 6.10 Å². The molecule has 0 aromatic carbocycles. The van der Waals surface area contributed by atoms with E-state index < -0.39 is 0 Å². The predicted octanol–water partition coefficient (Wildman–Crippen LogP) is 2.96. The van der Waals surface area contributed by atoms with Gasteiger partial charge in [0.1, 0.15) is 0 Å². The van der Waals surface area contributed by atoms with E-state index in [0.29, 0.717) is 18.4 Å². The highest BCUT2D eigenvalue weighted by molar-refractivity contribution is 5.77. The molecule has 2 rings (SSSR count). The second kappa shape index (κ2) is 5.82. The Bertz CT molecular complexity index is 321. The summed E-state index contributed by atoms with van der Waals surface area (Å²) in [6.07, 6.45) is 6.96. The molecule has 1 N–H and O–H groups in total. The third kappa shape index (κ3) is 3.71. The van der Waals surface area contributed by atoms with Gasteiger partial charge in [0.2, 0.25) is 5.91 Å². The number of carbonyl (C=O) groups excluding carboxylic acids is 1. The van der Waals surface area contributed by atoms with Crippen molar-refractivity contribution in [2.45, 2.75) is 77.9 Å². The number of aliphatic hydroxyl groups excluding tert-OH is 1. The van der Waals surface area contributed by atoms with Crippen molar-refractivity contribution in [3.8, 4) is 0 Å². The molecule has 1 saturated heterocycles. The molecular weight excluding hydrogens is 238 g/mol. The number of amides is 1. The number of nitrogens with zero attached hydrogens (tertiary/aromatic N) is 1. The average molecular weight is 267 g/mol. The molecule has 2 fully saturated rings. The van der Waals surface area contributed by atoms with Crippen molar-refractivity contribution >= 4 is 5.91 Å². The zero-order valence-corrected chi connectivity index (χ0v) is 12.7. The van der Waals surface area contributed by atoms with Crippen LogP contribution >= 0.6 is 0 Å². The van der Waals surface area contributed by atoms with Crippen LogP contribution in [0.3, 0.4) is 0 Å². The number of rotatable bonds is 2. The summed E-state index contributed by atoms with van der Waals surface area (Å²) in [6, 6.07) is 0.293. The minimum absolute atomic E-state index is 0.0490. The second-order valence-electron chi connectivity index (χ2n) is 7.55. The van der Waals surface area contributed by atoms with Gasteiger partial charge < -0.3 is 10.0 Å². The van der Waals surface area contributed by atoms with Crippen LogP contribution in [0, 0.1) is 11.3 Å². The summed E-state index contributed by atoms with van der Waals surface area (Å²) in [4.78, 5) is 14.6. The number of aliphatic hydroxyl groups is 1. The van der Waals surface area contributed by atoms with E-state index in [4.69, 9.17) is 0 Å². The minimum Gasteiger partial charge on any atom is -0.393 e. The maximum Gasteiger partial charge on any atom is 0.223 e. The summed E-state index contributed by atoms with van der Waals surface area (Å²) in [5.74, 6) is 0.612. The lowest BCUT2D eigenvalue weighted by Gasteiger charge is -2.41. The van der Waals surface area contributed by atoms with Crippen LogP contribution in [0.25, 0.3) is 0 Å². The fraction of sp³-hybridized carbons (Fsp3) is 0.938. The first-order valence-electron chi connectivity index (χ1n) is 7.86. The maximum atomic E-state index is 12.5. The molecule has 1 aliphatic heterocycles. The summed E-state index contributed by atoms with van der Waals surface area (Å²) in [5.41, 5.74) is 0.0490. The lowest BCUT2D eigenvalue weighted by Crippen LogP contribution is -2.50. The van der Waals surface area contributed by atoms with E-state index in [1.807, 2.05) is 0 Å². The Labute approximate surface area is 117 Å². The van der Waals surface area contributed by atoms with Gasteiger partial charge in [0.25, 0.3) is 0 Å². The molecule has 3 unspecified atom stereocenters. The van der Waals surface area contributed by atoms with Gasteiger partial charge in [-0.25, -0.2) is 0 Å². The molecule has 19 heavy (non-hydrogen) atoms. The molecule has 3 atom stereocenters. The van der Waals surface area contributed by atoms with Gasteiger partial charge in [-0.15, -0.1) is 0 Å². The highest BCUT2D eigenvalue weighted by Crippen LogP contribution is 2.36. The van der Waals surface area contributed by atoms with E-state index in [1.54, 1.807) is 0 Å². The summed E-state index contributed by atoms with van der Waals surface area (Å²) in [5, 5.41) is 10.1. The van der Waals surface area contributed by atoms with Crippen molar-refractivity contribution in [3.05, 3.63) is 0 Å². The Hall–Kier alpha value is -0.570. The summed E-state index contributed by atoms with van der Waals surface area (Å²) in [7, 11) is 0. The van der Waals surface area contributed by atoms with Gasteiger partial charge >= 0.3 is 0 Å². The fourth-order valence-electron chi connectivity index (χ4n) is 3.69. The molecular formula is C16H29NO2. The van der Waals surface area contributed by atoms with E-state index >= 15 is 0 Å². The second-order valence-corrected chi connectivity index (χ2v) is 7.55. The van der Waals surface area contributed by atoms with Crippen molar-refractivity contribution < 1.29 is 9.90 Å². The number of likely N-dealkylation sites (tertiary alicyclic amines) is 1. The number of hydrogen-bond acceptors (Lipinski definition) is 2. The topological polar surface area (TPSA) is 40.5 Å². The Balaban J connectivity index is 2.05. The van der Waals surface area contributed by atoms with Crippen LogP contribution in [0.5, 0.6) is 0 Å². The van der Waals surface area contributed by atoms with E-state index in [0.717, 1.165) is 38.6 Å². The normalized spacial score (nSPS) is 32.6. The van der Waals surface area contributed by atoms with Gasteiger partial charge in [-0.1, -0.05) is 27.2 Å². The fourth-order valence-corrected chi connectivity index (χ4v) is 3.69. The monoisotopic (exact) mass is 267 g/mol. The van der Waals surface area contributed by atoms with Gasteiger partial charge in [-0.05, 0) is 37.5 Å². The number of hydrogen-bond donors (Lipinski definition) is 1. The van der Waals surface area contributed by atoms with Crippen molar-refractivity contribution in [1.29, 1.82) is 0 Å². The molecule has 3 heteroatoms. The zero-order valence-electron chi connectivity index (χ0n) is 12.7. The lowest BCUT2D eigenvalue weighted by molar-refractivity contribution is -0.139. The van der Waals surface area contributed by atoms with Crippen LogP contribution in [0.15, 0.2) is 0 Å². The average Bonchev–Trinajstić information content (AvgIpc) is 2.73. The smallest absolute Gasteiger partial charge is 0.223 e. The Morgan fingerprint density at radius 2 is 1.89 bits per heavy atom. The molecule has 0 spiro atoms. The first kappa shape index (κ1) is 14.8. The molecule has 1 amide bonds. The highest BCUT2D eigenvalue weighted by Gasteiger charge is 2.39. The van der Waals surface area contributed by atoms with Gasteiger partial charge in [0, 0.05) is 24.9 Å². The maximum absolute atomic E-state index is 12.5. The highest BCUT2D eigenvalue weighted by atomic mass is 16.3. The molecule has 0 aromatic rings. The summed E-state index contributed by atoms with van der Waals surface area (Å²) < 4.78 is 0. The molecule has 110 valence electrons. The molecule has 0 radical (unpaired) electrons. The van der Waals surface area contributed by atoms with Crippen LogP contribution in [0.4, 0.5) is 0 Å². The van der Waals surface area contributed by atoms with Crippen LogP contribution in [0.2, 0.25) is 0 Å². The van der Waals surface area contributed by atoms with Crippen LogP contribution in [-0.2, 0) is 4.79 Å². The van der Waals surface area contributed by atoms with Crippen molar-refractivity contribution in [3.63, 3.8) is 0 Å². The zero-order chi connectivity index (χ0) is 14.0. The van der Waals surface area contributed by atoms with Gasteiger partial charge in [0.15, 0.2) is 0 Å². The molecule has 0 bridgehead atoms. The molecule has 3 nitrogen and oxygen atoms in total. The van der Waals surface area contributed by atoms with Crippen molar-refractivity contribution in [1.82, 2.24) is 4.90 Å². The predicted molar refractivity (Wildman–Crippen MR) is 76.8 cm³/mol. The SMILES string of the molecule is CC(C)(C)CC(=O)N1CCCCC1C1CCCC1O. The quantitative estimate of drug-likeness (QED) is 0.835. The Morgan fingerprint density at radius 1 is 1.16 bits per heavy atom. The first-order chi connectivity index (χ1) is 8.88. The van der Waals surface area contributed by atoms with Gasteiger partial charge in [-0.3, -0.25) is 4.79 Å². The van der Waals surface area contributed by atoms with Gasteiger partial charge in [-0.2, -0.15) is 0 Å². The van der Waals surface area contributed by atoms with E-state index in [1.165, 1.54) is 6.42 Å². The third-order valence-corrected chi connectivity index (χ3v) is 4.58. The number of piperidine rings is 1. The minimum atomic E-state index is -0.187. The third-order valence-electron chi connectivity index (χ3n) is 4.58. The van der Waals surface area contributed by atoms with Crippen LogP contribution in [-0.4, -0.2) is 34.6 Å². The van der Waals surface area contributed by atoms with E-state index in [-0.39, 0.29) is 17.4 Å². The van der Waals surface area contributed by atoms with E-state index in [9.17, 15) is 9.90 Å². The first-order valence-corrected chi connectivity index (χ1v) is 7.86. The molecule has 1 saturated carbocycles.